The van der Waals surface area contributed by atoms with Crippen LogP contribution >= 0.6 is 23.2 Å². The average Bonchev–Trinajstić information content (AvgIpc) is 2.22. The minimum Gasteiger partial charge on any atom is -0.335 e. The maximum absolute atomic E-state index is 11.9. The average molecular weight is 258 g/mol. The zero-order chi connectivity index (χ0) is 11.9. The molecule has 0 atom stereocenters. The Kier molecular flexibility index (Phi) is 2.56. The van der Waals surface area contributed by atoms with Crippen LogP contribution in [0, 0.1) is 0 Å². The molecule has 2 aromatic rings. The quantitative estimate of drug-likeness (QED) is 0.626. The second-order valence-electron chi connectivity index (χ2n) is 3.52. The van der Waals surface area contributed by atoms with Gasteiger partial charge in [0.2, 0.25) is 0 Å². The third-order valence-corrected chi connectivity index (χ3v) is 2.54. The van der Waals surface area contributed by atoms with Crippen LogP contribution in [0.3, 0.4) is 0 Å². The van der Waals surface area contributed by atoms with Crippen molar-refractivity contribution in [3.63, 3.8) is 0 Å². The second kappa shape index (κ2) is 3.64. The van der Waals surface area contributed by atoms with Gasteiger partial charge in [0, 0.05) is 0 Å². The van der Waals surface area contributed by atoms with Crippen molar-refractivity contribution in [2.45, 2.75) is 11.3 Å². The Bertz CT molecular complexity index is 601. The van der Waals surface area contributed by atoms with Crippen LogP contribution in [0.2, 0.25) is 0 Å². The Morgan fingerprint density at radius 1 is 1.38 bits per heavy atom. The van der Waals surface area contributed by atoms with Crippen molar-refractivity contribution in [3.8, 4) is 0 Å². The summed E-state index contributed by atoms with van der Waals surface area (Å²) in [6.45, 7) is 1.51. The van der Waals surface area contributed by atoms with Crippen LogP contribution in [0.25, 0.3) is 10.9 Å². The smallest absolute Gasteiger partial charge is 0.279 e. The van der Waals surface area contributed by atoms with Crippen LogP contribution in [0.15, 0.2) is 29.1 Å². The minimum atomic E-state index is -1.31. The summed E-state index contributed by atoms with van der Waals surface area (Å²) in [5.41, 5.74) is 0.157. The SMILES string of the molecule is CC(Cl)(Cl)c1nc2ccccc2c(=O)n1N. The summed E-state index contributed by atoms with van der Waals surface area (Å²) in [6.07, 6.45) is 0. The van der Waals surface area contributed by atoms with Gasteiger partial charge in [0.05, 0.1) is 10.9 Å². The number of nitrogens with two attached hydrogens (primary N) is 1. The fourth-order valence-corrected chi connectivity index (χ4v) is 1.72. The molecule has 84 valence electrons. The van der Waals surface area contributed by atoms with Crippen LogP contribution < -0.4 is 11.4 Å². The largest absolute Gasteiger partial charge is 0.335 e. The Morgan fingerprint density at radius 3 is 2.62 bits per heavy atom. The van der Waals surface area contributed by atoms with Crippen LogP contribution in [-0.2, 0) is 4.33 Å². The van der Waals surface area contributed by atoms with E-state index in [-0.39, 0.29) is 11.4 Å². The Morgan fingerprint density at radius 2 is 2.00 bits per heavy atom. The first-order valence-corrected chi connectivity index (χ1v) is 5.32. The molecule has 0 radical (unpaired) electrons. The van der Waals surface area contributed by atoms with Gasteiger partial charge in [0.15, 0.2) is 10.2 Å². The summed E-state index contributed by atoms with van der Waals surface area (Å²) in [7, 11) is 0. The number of benzene rings is 1. The number of rotatable bonds is 1. The molecule has 0 aliphatic rings. The van der Waals surface area contributed by atoms with Gasteiger partial charge in [-0.2, -0.15) is 0 Å². The first-order valence-electron chi connectivity index (χ1n) is 4.56. The van der Waals surface area contributed by atoms with Crippen molar-refractivity contribution in [2.24, 2.45) is 0 Å². The third-order valence-electron chi connectivity index (χ3n) is 2.20. The standard InChI is InChI=1S/C10H9Cl2N3O/c1-10(11,12)9-14-7-5-3-2-4-6(7)8(16)15(9)13/h2-5H,13H2,1H3. The van der Waals surface area contributed by atoms with Crippen molar-refractivity contribution < 1.29 is 0 Å². The van der Waals surface area contributed by atoms with Gasteiger partial charge in [-0.15, -0.1) is 0 Å². The van der Waals surface area contributed by atoms with Gasteiger partial charge in [-0.1, -0.05) is 35.3 Å². The number of halogens is 2. The van der Waals surface area contributed by atoms with Gasteiger partial charge < -0.3 is 5.84 Å². The maximum atomic E-state index is 11.9. The molecule has 0 bridgehead atoms. The molecule has 1 aromatic carbocycles. The van der Waals surface area contributed by atoms with E-state index in [1.165, 1.54) is 6.92 Å². The molecule has 0 fully saturated rings. The Hall–Kier alpha value is -1.26. The van der Waals surface area contributed by atoms with E-state index < -0.39 is 4.33 Å². The summed E-state index contributed by atoms with van der Waals surface area (Å²) in [4.78, 5) is 16.1. The highest BCUT2D eigenvalue weighted by Gasteiger charge is 2.26. The summed E-state index contributed by atoms with van der Waals surface area (Å²) in [5.74, 6) is 5.73. The maximum Gasteiger partial charge on any atom is 0.279 e. The van der Waals surface area contributed by atoms with Crippen molar-refractivity contribution >= 4 is 34.1 Å². The van der Waals surface area contributed by atoms with Gasteiger partial charge in [-0.3, -0.25) is 4.79 Å². The highest BCUT2D eigenvalue weighted by atomic mass is 35.5. The lowest BCUT2D eigenvalue weighted by Gasteiger charge is -2.16. The summed E-state index contributed by atoms with van der Waals surface area (Å²) in [5, 5.41) is 0.436. The van der Waals surface area contributed by atoms with Gasteiger partial charge in [-0.25, -0.2) is 9.66 Å². The molecule has 0 amide bonds. The molecule has 1 aromatic heterocycles. The normalized spacial score (nSPS) is 11.9. The molecule has 16 heavy (non-hydrogen) atoms. The number of aromatic nitrogens is 2. The molecule has 0 saturated carbocycles. The van der Waals surface area contributed by atoms with Crippen molar-refractivity contribution in [3.05, 3.63) is 40.4 Å². The first-order chi connectivity index (χ1) is 7.41. The van der Waals surface area contributed by atoms with E-state index in [0.717, 1.165) is 4.68 Å². The van der Waals surface area contributed by atoms with Crippen molar-refractivity contribution in [1.82, 2.24) is 9.66 Å². The highest BCUT2D eigenvalue weighted by molar-refractivity contribution is 6.47. The number of nitrogens with zero attached hydrogens (tertiary/aromatic N) is 2. The van der Waals surface area contributed by atoms with E-state index >= 15 is 0 Å². The molecule has 2 rings (SSSR count). The number of alkyl halides is 2. The molecule has 0 aliphatic carbocycles. The zero-order valence-corrected chi connectivity index (χ0v) is 9.96. The second-order valence-corrected chi connectivity index (χ2v) is 5.22. The molecule has 0 unspecified atom stereocenters. The molecule has 0 spiro atoms. The number of hydrogen-bond donors (Lipinski definition) is 1. The molecule has 2 N–H and O–H groups in total. The Balaban J connectivity index is 2.90. The van der Waals surface area contributed by atoms with E-state index in [4.69, 9.17) is 29.0 Å². The van der Waals surface area contributed by atoms with Crippen LogP contribution in [0.1, 0.15) is 12.7 Å². The number of para-hydroxylation sites is 1. The molecular weight excluding hydrogens is 249 g/mol. The van der Waals surface area contributed by atoms with Gasteiger partial charge in [-0.05, 0) is 19.1 Å². The van der Waals surface area contributed by atoms with E-state index in [0.29, 0.717) is 10.9 Å². The lowest BCUT2D eigenvalue weighted by atomic mass is 10.2. The van der Waals surface area contributed by atoms with Crippen molar-refractivity contribution in [2.75, 3.05) is 5.84 Å². The van der Waals surface area contributed by atoms with E-state index in [9.17, 15) is 4.79 Å². The topological polar surface area (TPSA) is 60.9 Å². The zero-order valence-electron chi connectivity index (χ0n) is 8.45. The molecule has 6 heteroatoms. The van der Waals surface area contributed by atoms with Crippen LogP contribution in [0.5, 0.6) is 0 Å². The van der Waals surface area contributed by atoms with Gasteiger partial charge in [0.1, 0.15) is 0 Å². The predicted molar refractivity (Wildman–Crippen MR) is 65.2 cm³/mol. The molecule has 0 saturated heterocycles. The number of hydrogen-bond acceptors (Lipinski definition) is 3. The number of nitrogen functional groups attached to an aromatic ring is 1. The molecule has 0 aliphatic heterocycles. The summed E-state index contributed by atoms with van der Waals surface area (Å²) >= 11 is 11.8. The number of fused-ring (bicyclic) bond motifs is 1. The summed E-state index contributed by atoms with van der Waals surface area (Å²) in [6, 6.07) is 6.88. The molecular formula is C10H9Cl2N3O. The fourth-order valence-electron chi connectivity index (χ4n) is 1.46. The van der Waals surface area contributed by atoms with Crippen LogP contribution in [0.4, 0.5) is 0 Å². The monoisotopic (exact) mass is 257 g/mol. The van der Waals surface area contributed by atoms with E-state index in [2.05, 4.69) is 4.98 Å². The highest BCUT2D eigenvalue weighted by Crippen LogP contribution is 2.30. The van der Waals surface area contributed by atoms with Gasteiger partial charge >= 0.3 is 0 Å². The predicted octanol–water partition coefficient (Wildman–Crippen LogP) is 1.76. The van der Waals surface area contributed by atoms with E-state index in [1.54, 1.807) is 24.3 Å². The van der Waals surface area contributed by atoms with Crippen LogP contribution in [-0.4, -0.2) is 9.66 Å². The lowest BCUT2D eigenvalue weighted by Crippen LogP contribution is -2.35. The fraction of sp³-hybridized carbons (Fsp3) is 0.200. The summed E-state index contributed by atoms with van der Waals surface area (Å²) < 4.78 is -0.430. The van der Waals surface area contributed by atoms with Gasteiger partial charge in [0.25, 0.3) is 5.56 Å². The minimum absolute atomic E-state index is 0.125. The molecule has 1 heterocycles. The molecule has 4 nitrogen and oxygen atoms in total. The lowest BCUT2D eigenvalue weighted by molar-refractivity contribution is 0.745. The third kappa shape index (κ3) is 1.74. The van der Waals surface area contributed by atoms with Crippen molar-refractivity contribution in [1.29, 1.82) is 0 Å². The first kappa shape index (κ1) is 11.2. The van der Waals surface area contributed by atoms with E-state index in [1.807, 2.05) is 0 Å². The Labute approximate surface area is 102 Å².